The van der Waals surface area contributed by atoms with Crippen LogP contribution in [0.5, 0.6) is 11.5 Å². The number of halogens is 4. The van der Waals surface area contributed by atoms with Crippen LogP contribution in [0.4, 0.5) is 23.7 Å². The van der Waals surface area contributed by atoms with E-state index in [9.17, 15) is 22.8 Å². The summed E-state index contributed by atoms with van der Waals surface area (Å²) in [5, 5.41) is 2.59. The number of ether oxygens (including phenoxy) is 2. The van der Waals surface area contributed by atoms with Crippen LogP contribution in [-0.2, 0) is 4.79 Å². The first-order chi connectivity index (χ1) is 13.7. The zero-order chi connectivity index (χ0) is 20.8. The number of benzene rings is 2. The van der Waals surface area contributed by atoms with E-state index in [1.807, 2.05) is 0 Å². The molecule has 2 aromatic rings. The maximum atomic E-state index is 13.2. The van der Waals surface area contributed by atoms with Crippen molar-refractivity contribution in [2.45, 2.75) is 18.8 Å². The Kier molecular flexibility index (Phi) is 4.73. The number of carbonyl (C=O) groups is 2. The Bertz CT molecular complexity index is 1030. The van der Waals surface area contributed by atoms with Gasteiger partial charge in [0.05, 0.1) is 11.7 Å². The van der Waals surface area contributed by atoms with Gasteiger partial charge in [0.25, 0.3) is 0 Å². The van der Waals surface area contributed by atoms with Crippen LogP contribution in [0.3, 0.4) is 0 Å². The van der Waals surface area contributed by atoms with E-state index >= 15 is 0 Å². The molecule has 29 heavy (non-hydrogen) atoms. The first kappa shape index (κ1) is 19.3. The first-order valence-corrected chi connectivity index (χ1v) is 9.16. The SMILES string of the molecule is O=C1C=CN(C(=O)Nc2cc3c(cc2Br)OC(F)(F)O3)C(c2ccc(F)cc2)C1. The minimum atomic E-state index is -3.78. The van der Waals surface area contributed by atoms with Gasteiger partial charge in [0.1, 0.15) is 5.82 Å². The van der Waals surface area contributed by atoms with Gasteiger partial charge >= 0.3 is 12.3 Å². The van der Waals surface area contributed by atoms with E-state index in [0.717, 1.165) is 0 Å². The number of fused-ring (bicyclic) bond motifs is 1. The van der Waals surface area contributed by atoms with Gasteiger partial charge in [-0.3, -0.25) is 9.69 Å². The van der Waals surface area contributed by atoms with E-state index in [1.54, 1.807) is 0 Å². The molecular weight excluding hydrogens is 457 g/mol. The lowest BCUT2D eigenvalue weighted by Crippen LogP contribution is -2.37. The normalized spacial score (nSPS) is 19.4. The van der Waals surface area contributed by atoms with Gasteiger partial charge in [-0.2, -0.15) is 0 Å². The van der Waals surface area contributed by atoms with Crippen LogP contribution >= 0.6 is 15.9 Å². The predicted molar refractivity (Wildman–Crippen MR) is 99.1 cm³/mol. The average molecular weight is 469 g/mol. The smallest absolute Gasteiger partial charge is 0.395 e. The number of nitrogens with one attached hydrogen (secondary N) is 1. The van der Waals surface area contributed by atoms with Crippen LogP contribution in [0.1, 0.15) is 18.0 Å². The van der Waals surface area contributed by atoms with E-state index in [2.05, 4.69) is 30.7 Å². The van der Waals surface area contributed by atoms with Crippen LogP contribution in [0, 0.1) is 5.82 Å². The number of amides is 2. The number of rotatable bonds is 2. The second-order valence-corrected chi connectivity index (χ2v) is 7.19. The van der Waals surface area contributed by atoms with Gasteiger partial charge in [0, 0.05) is 29.2 Å². The van der Waals surface area contributed by atoms with Crippen LogP contribution < -0.4 is 14.8 Å². The minimum absolute atomic E-state index is 0.0179. The van der Waals surface area contributed by atoms with E-state index in [1.165, 1.54) is 53.6 Å². The van der Waals surface area contributed by atoms with Crippen LogP contribution in [0.15, 0.2) is 53.1 Å². The Balaban J connectivity index is 1.59. The Hall–Kier alpha value is -3.01. The number of carbonyl (C=O) groups excluding carboxylic acids is 2. The summed E-state index contributed by atoms with van der Waals surface area (Å²) in [6, 6.07) is 6.64. The second kappa shape index (κ2) is 7.11. The molecule has 2 aliphatic heterocycles. The molecule has 0 aliphatic carbocycles. The molecule has 1 atom stereocenters. The molecule has 2 aromatic carbocycles. The van der Waals surface area contributed by atoms with Gasteiger partial charge in [0.2, 0.25) is 0 Å². The van der Waals surface area contributed by atoms with E-state index in [-0.39, 0.29) is 29.4 Å². The Morgan fingerprint density at radius 2 is 1.83 bits per heavy atom. The van der Waals surface area contributed by atoms with Crippen molar-refractivity contribution in [1.29, 1.82) is 0 Å². The molecule has 150 valence electrons. The van der Waals surface area contributed by atoms with Crippen molar-refractivity contribution in [2.75, 3.05) is 5.32 Å². The topological polar surface area (TPSA) is 67.9 Å². The summed E-state index contributed by atoms with van der Waals surface area (Å²) in [5.74, 6) is -1.03. The quantitative estimate of drug-likeness (QED) is 0.675. The number of urea groups is 1. The standard InChI is InChI=1S/C19H12BrF3N2O4/c20-13-8-16-17(29-19(22,23)28-16)9-14(13)24-18(27)25-6-5-12(26)7-15(25)10-1-3-11(21)4-2-10/h1-6,8-9,15H,7H2,(H,24,27). The molecule has 4 rings (SSSR count). The number of allylic oxidation sites excluding steroid dienone is 1. The molecule has 0 bridgehead atoms. The third-order valence-electron chi connectivity index (χ3n) is 4.37. The highest BCUT2D eigenvalue weighted by Crippen LogP contribution is 2.45. The zero-order valence-electron chi connectivity index (χ0n) is 14.5. The molecular formula is C19H12BrF3N2O4. The van der Waals surface area contributed by atoms with Gasteiger partial charge in [-0.1, -0.05) is 12.1 Å². The average Bonchev–Trinajstić information content (AvgIpc) is 2.95. The number of anilines is 1. The van der Waals surface area contributed by atoms with Gasteiger partial charge in [-0.15, -0.1) is 8.78 Å². The lowest BCUT2D eigenvalue weighted by Gasteiger charge is -2.31. The van der Waals surface area contributed by atoms with Crippen molar-refractivity contribution >= 4 is 33.4 Å². The van der Waals surface area contributed by atoms with E-state index in [4.69, 9.17) is 0 Å². The Morgan fingerprint density at radius 1 is 1.17 bits per heavy atom. The number of alkyl halides is 2. The maximum Gasteiger partial charge on any atom is 0.586 e. The van der Waals surface area contributed by atoms with Crippen molar-refractivity contribution in [1.82, 2.24) is 4.90 Å². The lowest BCUT2D eigenvalue weighted by atomic mass is 9.97. The van der Waals surface area contributed by atoms with E-state index < -0.39 is 24.2 Å². The maximum absolute atomic E-state index is 13.2. The van der Waals surface area contributed by atoms with Crippen LogP contribution in [0.25, 0.3) is 0 Å². The molecule has 0 saturated heterocycles. The number of hydrogen-bond acceptors (Lipinski definition) is 4. The lowest BCUT2D eigenvalue weighted by molar-refractivity contribution is -0.286. The van der Waals surface area contributed by atoms with Crippen molar-refractivity contribution in [3.63, 3.8) is 0 Å². The number of nitrogens with zero attached hydrogens (tertiary/aromatic N) is 1. The molecule has 0 aromatic heterocycles. The number of hydrogen-bond donors (Lipinski definition) is 1. The molecule has 10 heteroatoms. The van der Waals surface area contributed by atoms with Gasteiger partial charge in [0.15, 0.2) is 17.3 Å². The Morgan fingerprint density at radius 3 is 2.52 bits per heavy atom. The van der Waals surface area contributed by atoms with Crippen molar-refractivity contribution in [3.05, 3.63) is 64.5 Å². The Labute approximate surface area is 171 Å². The molecule has 2 heterocycles. The van der Waals surface area contributed by atoms with Gasteiger partial charge < -0.3 is 14.8 Å². The molecule has 1 unspecified atom stereocenters. The second-order valence-electron chi connectivity index (χ2n) is 6.34. The summed E-state index contributed by atoms with van der Waals surface area (Å²) in [6.07, 6.45) is -1.18. The molecule has 6 nitrogen and oxygen atoms in total. The fourth-order valence-corrected chi connectivity index (χ4v) is 3.47. The summed E-state index contributed by atoms with van der Waals surface area (Å²) in [7, 11) is 0. The van der Waals surface area contributed by atoms with E-state index in [0.29, 0.717) is 10.0 Å². The third-order valence-corrected chi connectivity index (χ3v) is 5.03. The summed E-state index contributed by atoms with van der Waals surface area (Å²) < 4.78 is 48.7. The fraction of sp³-hybridized carbons (Fsp3) is 0.158. The zero-order valence-corrected chi connectivity index (χ0v) is 16.1. The molecule has 0 spiro atoms. The van der Waals surface area contributed by atoms with Crippen LogP contribution in [-0.4, -0.2) is 23.0 Å². The molecule has 2 amide bonds. The molecule has 2 aliphatic rings. The molecule has 0 fully saturated rings. The molecule has 0 saturated carbocycles. The third kappa shape index (κ3) is 3.93. The fourth-order valence-electron chi connectivity index (χ4n) is 3.04. The highest BCUT2D eigenvalue weighted by molar-refractivity contribution is 9.10. The highest BCUT2D eigenvalue weighted by atomic mass is 79.9. The summed E-state index contributed by atoms with van der Waals surface area (Å²) in [5.41, 5.74) is 0.738. The van der Waals surface area contributed by atoms with Crippen molar-refractivity contribution in [3.8, 4) is 11.5 Å². The summed E-state index contributed by atoms with van der Waals surface area (Å²) in [6.45, 7) is 0. The van der Waals surface area contributed by atoms with Crippen LogP contribution in [0.2, 0.25) is 0 Å². The monoisotopic (exact) mass is 468 g/mol. The predicted octanol–water partition coefficient (Wildman–Crippen LogP) is 4.97. The largest absolute Gasteiger partial charge is 0.586 e. The first-order valence-electron chi connectivity index (χ1n) is 8.37. The van der Waals surface area contributed by atoms with Gasteiger partial charge in [-0.05, 0) is 39.7 Å². The van der Waals surface area contributed by atoms with Gasteiger partial charge in [-0.25, -0.2) is 9.18 Å². The van der Waals surface area contributed by atoms with Crippen molar-refractivity contribution < 1.29 is 32.2 Å². The molecule has 1 N–H and O–H groups in total. The summed E-state index contributed by atoms with van der Waals surface area (Å²) >= 11 is 3.19. The van der Waals surface area contributed by atoms with Crippen molar-refractivity contribution in [2.24, 2.45) is 0 Å². The number of ketones is 1. The minimum Gasteiger partial charge on any atom is -0.395 e. The highest BCUT2D eigenvalue weighted by Gasteiger charge is 2.44. The molecule has 0 radical (unpaired) electrons. The summed E-state index contributed by atoms with van der Waals surface area (Å²) in [4.78, 5) is 26.0.